The molecular weight excluding hydrogens is 997 g/mol. The van der Waals surface area contributed by atoms with Gasteiger partial charge in [0.1, 0.15) is 13.2 Å². The van der Waals surface area contributed by atoms with Gasteiger partial charge in [-0.1, -0.05) is 353 Å². The lowest BCUT2D eigenvalue weighted by atomic mass is 10.0. The fraction of sp³-hybridized carbons (Fsp3) is 0.880. The van der Waals surface area contributed by atoms with Crippen molar-refractivity contribution in [1.82, 2.24) is 0 Å². The Kier molecular flexibility index (Phi) is 68.1. The van der Waals surface area contributed by atoms with Crippen LogP contribution in [-0.2, 0) is 28.6 Å². The minimum atomic E-state index is -0.781. The lowest BCUT2D eigenvalue weighted by Gasteiger charge is -2.18. The van der Waals surface area contributed by atoms with Gasteiger partial charge < -0.3 is 14.2 Å². The van der Waals surface area contributed by atoms with Gasteiger partial charge in [0.25, 0.3) is 0 Å². The predicted octanol–water partition coefficient (Wildman–Crippen LogP) is 25.1. The van der Waals surface area contributed by atoms with Crippen LogP contribution in [0.3, 0.4) is 0 Å². The molecule has 0 heterocycles. The quantitative estimate of drug-likeness (QED) is 0.0261. The van der Waals surface area contributed by atoms with Crippen LogP contribution in [0.4, 0.5) is 0 Å². The zero-order chi connectivity index (χ0) is 58.5. The van der Waals surface area contributed by atoms with Gasteiger partial charge >= 0.3 is 17.9 Å². The Bertz CT molecular complexity index is 1350. The van der Waals surface area contributed by atoms with E-state index in [-0.39, 0.29) is 31.1 Å². The van der Waals surface area contributed by atoms with Gasteiger partial charge in [0.2, 0.25) is 0 Å². The van der Waals surface area contributed by atoms with Crippen molar-refractivity contribution >= 4 is 17.9 Å². The number of allylic oxidation sites excluding steroid dienone is 6. The van der Waals surface area contributed by atoms with Crippen molar-refractivity contribution in [1.29, 1.82) is 0 Å². The molecule has 0 N–H and O–H groups in total. The fourth-order valence-electron chi connectivity index (χ4n) is 11.1. The first kappa shape index (κ1) is 78.6. The van der Waals surface area contributed by atoms with Crippen molar-refractivity contribution in [3.05, 3.63) is 36.5 Å². The van der Waals surface area contributed by atoms with Crippen molar-refractivity contribution in [2.24, 2.45) is 0 Å². The summed E-state index contributed by atoms with van der Waals surface area (Å²) in [7, 11) is 0. The van der Waals surface area contributed by atoms with E-state index in [0.29, 0.717) is 19.3 Å². The summed E-state index contributed by atoms with van der Waals surface area (Å²) in [6.07, 6.45) is 87.8. The first-order valence-corrected chi connectivity index (χ1v) is 36.5. The third-order valence-electron chi connectivity index (χ3n) is 16.6. The monoisotopic (exact) mass is 1140 g/mol. The van der Waals surface area contributed by atoms with Gasteiger partial charge in [-0.15, -0.1) is 0 Å². The molecule has 476 valence electrons. The van der Waals surface area contributed by atoms with Gasteiger partial charge in [0.15, 0.2) is 6.10 Å². The van der Waals surface area contributed by atoms with E-state index >= 15 is 0 Å². The van der Waals surface area contributed by atoms with E-state index in [4.69, 9.17) is 14.2 Å². The van der Waals surface area contributed by atoms with E-state index < -0.39 is 6.10 Å². The molecule has 1 unspecified atom stereocenters. The lowest BCUT2D eigenvalue weighted by Crippen LogP contribution is -2.30. The lowest BCUT2D eigenvalue weighted by molar-refractivity contribution is -0.167. The van der Waals surface area contributed by atoms with Crippen molar-refractivity contribution in [3.63, 3.8) is 0 Å². The van der Waals surface area contributed by atoms with E-state index in [9.17, 15) is 14.4 Å². The number of hydrogen-bond donors (Lipinski definition) is 0. The number of unbranched alkanes of at least 4 members (excludes halogenated alkanes) is 51. The Morgan fingerprint density at radius 2 is 0.469 bits per heavy atom. The number of ether oxygens (including phenoxy) is 3. The van der Waals surface area contributed by atoms with Crippen LogP contribution in [0.5, 0.6) is 0 Å². The molecule has 0 saturated carbocycles. The zero-order valence-electron chi connectivity index (χ0n) is 54.8. The van der Waals surface area contributed by atoms with Crippen molar-refractivity contribution in [2.75, 3.05) is 13.2 Å². The average molecular weight is 1140 g/mol. The van der Waals surface area contributed by atoms with Crippen LogP contribution in [0.2, 0.25) is 0 Å². The second-order valence-electron chi connectivity index (χ2n) is 24.9. The molecule has 0 fully saturated rings. The molecule has 0 aromatic rings. The maximum absolute atomic E-state index is 12.9. The van der Waals surface area contributed by atoms with E-state index in [1.54, 1.807) is 0 Å². The average Bonchev–Trinajstić information content (AvgIpc) is 3.46. The van der Waals surface area contributed by atoms with Gasteiger partial charge in [-0.25, -0.2) is 0 Å². The summed E-state index contributed by atoms with van der Waals surface area (Å²) in [5.41, 5.74) is 0. The summed E-state index contributed by atoms with van der Waals surface area (Å²) in [6, 6.07) is 0. The second kappa shape index (κ2) is 70.1. The van der Waals surface area contributed by atoms with Crippen molar-refractivity contribution < 1.29 is 28.6 Å². The minimum absolute atomic E-state index is 0.0760. The summed E-state index contributed by atoms with van der Waals surface area (Å²) >= 11 is 0. The van der Waals surface area contributed by atoms with Gasteiger partial charge in [-0.3, -0.25) is 14.4 Å². The number of carbonyl (C=O) groups excluding carboxylic acids is 3. The molecule has 1 atom stereocenters. The third kappa shape index (κ3) is 68.3. The summed E-state index contributed by atoms with van der Waals surface area (Å²) in [5.74, 6) is -0.875. The van der Waals surface area contributed by atoms with Crippen molar-refractivity contribution in [3.8, 4) is 0 Å². The SMILES string of the molecule is CCC/C=C\C/C=C\CCCCCCCC(=O)OCC(COC(=O)CCCCCCCCCCCCCCCCCCCCCCCCCCCCCCCCCCCCC)OC(=O)CCCCCCC/C=C\CCCCCCCC. The molecule has 0 aromatic carbocycles. The first-order valence-electron chi connectivity index (χ1n) is 36.5. The largest absolute Gasteiger partial charge is 0.462 e. The van der Waals surface area contributed by atoms with Crippen molar-refractivity contribution in [2.45, 2.75) is 412 Å². The van der Waals surface area contributed by atoms with Crippen LogP contribution >= 0.6 is 0 Å². The Morgan fingerprint density at radius 3 is 0.741 bits per heavy atom. The standard InChI is InChI=1S/C75H140O6/c1-4-7-10-13-16-19-22-25-27-28-29-30-31-32-33-34-35-36-37-38-39-40-41-42-43-44-45-46-48-50-53-56-59-62-65-68-74(77)80-71-72(70-79-73(76)67-64-61-58-55-52-49-24-21-18-15-12-9-6-3)81-75(78)69-66-63-60-57-54-51-47-26-23-20-17-14-11-8-5-2/h12,15,21,24,26,47,72H,4-11,13-14,16-20,22-23,25,27-46,48-71H2,1-3H3/b15-12-,24-21-,47-26-. The predicted molar refractivity (Wildman–Crippen MR) is 353 cm³/mol. The van der Waals surface area contributed by atoms with Crippen LogP contribution in [0.15, 0.2) is 36.5 Å². The van der Waals surface area contributed by atoms with E-state index in [0.717, 1.165) is 89.9 Å². The molecule has 0 rings (SSSR count). The Hall–Kier alpha value is -2.37. The highest BCUT2D eigenvalue weighted by Gasteiger charge is 2.19. The normalized spacial score (nSPS) is 12.2. The van der Waals surface area contributed by atoms with Gasteiger partial charge in [0, 0.05) is 19.3 Å². The van der Waals surface area contributed by atoms with Crippen LogP contribution in [0, 0.1) is 0 Å². The highest BCUT2D eigenvalue weighted by molar-refractivity contribution is 5.71. The molecule has 6 nitrogen and oxygen atoms in total. The van der Waals surface area contributed by atoms with Crippen LogP contribution in [-0.4, -0.2) is 37.2 Å². The Labute approximate surface area is 506 Å². The van der Waals surface area contributed by atoms with Gasteiger partial charge in [-0.05, 0) is 70.6 Å². The molecule has 0 bridgehead atoms. The molecule has 6 heteroatoms. The summed E-state index contributed by atoms with van der Waals surface area (Å²) in [6.45, 7) is 6.62. The Morgan fingerprint density at radius 1 is 0.247 bits per heavy atom. The highest BCUT2D eigenvalue weighted by Crippen LogP contribution is 2.19. The smallest absolute Gasteiger partial charge is 0.306 e. The molecule has 0 aliphatic heterocycles. The summed E-state index contributed by atoms with van der Waals surface area (Å²) in [4.78, 5) is 38.3. The number of esters is 3. The molecule has 0 aliphatic rings. The molecular formula is C75H140O6. The fourth-order valence-corrected chi connectivity index (χ4v) is 11.1. The van der Waals surface area contributed by atoms with Crippen LogP contribution < -0.4 is 0 Å². The van der Waals surface area contributed by atoms with Crippen LogP contribution in [0.25, 0.3) is 0 Å². The maximum Gasteiger partial charge on any atom is 0.306 e. The first-order chi connectivity index (χ1) is 40.0. The molecule has 81 heavy (non-hydrogen) atoms. The Balaban J connectivity index is 4.04. The number of carbonyl (C=O) groups is 3. The molecule has 0 spiro atoms. The topological polar surface area (TPSA) is 78.9 Å². The van der Waals surface area contributed by atoms with E-state index in [1.807, 2.05) is 0 Å². The number of hydrogen-bond acceptors (Lipinski definition) is 6. The maximum atomic E-state index is 12.9. The zero-order valence-corrected chi connectivity index (χ0v) is 54.8. The van der Waals surface area contributed by atoms with E-state index in [2.05, 4.69) is 57.2 Å². The molecule has 0 aliphatic carbocycles. The van der Waals surface area contributed by atoms with Gasteiger partial charge in [-0.2, -0.15) is 0 Å². The number of rotatable bonds is 68. The minimum Gasteiger partial charge on any atom is -0.462 e. The third-order valence-corrected chi connectivity index (χ3v) is 16.6. The highest BCUT2D eigenvalue weighted by atomic mass is 16.6. The summed E-state index contributed by atoms with van der Waals surface area (Å²) in [5, 5.41) is 0. The molecule has 0 aromatic heterocycles. The van der Waals surface area contributed by atoms with E-state index in [1.165, 1.54) is 276 Å². The van der Waals surface area contributed by atoms with Crippen LogP contribution in [0.1, 0.15) is 406 Å². The van der Waals surface area contributed by atoms with Gasteiger partial charge in [0.05, 0.1) is 0 Å². The summed E-state index contributed by atoms with van der Waals surface area (Å²) < 4.78 is 16.9. The molecule has 0 amide bonds. The molecule has 0 saturated heterocycles. The second-order valence-corrected chi connectivity index (χ2v) is 24.9. The molecule has 0 radical (unpaired) electrons.